The molecule has 30 heavy (non-hydrogen) atoms. The Morgan fingerprint density at radius 3 is 2.57 bits per heavy atom. The Morgan fingerprint density at radius 2 is 1.83 bits per heavy atom. The Labute approximate surface area is 183 Å². The number of morpholine rings is 1. The summed E-state index contributed by atoms with van der Waals surface area (Å²) in [4.78, 5) is 17.1. The largest absolute Gasteiger partial charge is 0.486 e. The third kappa shape index (κ3) is 5.29. The first-order chi connectivity index (χ1) is 14.5. The standard InChI is InChI=1S/C23H31ClN2O4/c1-16-13-25(14-17(2)30-16)15-18-5-7-26(8-6-18)22(27)4-3-19-11-20(24)23-21(12-19)28-9-10-29-23/h3-4,11-12,16-18H,5-10,13-15H2,1-2H3/b4-3+. The molecule has 3 aliphatic heterocycles. The van der Waals surface area contributed by atoms with Gasteiger partial charge in [0, 0.05) is 38.8 Å². The molecule has 4 rings (SSSR count). The predicted molar refractivity (Wildman–Crippen MR) is 117 cm³/mol. The van der Waals surface area contributed by atoms with Crippen LogP contribution in [0, 0.1) is 5.92 Å². The molecule has 3 aliphatic rings. The summed E-state index contributed by atoms with van der Waals surface area (Å²) in [6.07, 6.45) is 6.14. The molecule has 164 valence electrons. The average molecular weight is 435 g/mol. The molecule has 1 aromatic rings. The second-order valence-corrected chi connectivity index (χ2v) is 9.01. The van der Waals surface area contributed by atoms with E-state index in [-0.39, 0.29) is 5.91 Å². The summed E-state index contributed by atoms with van der Waals surface area (Å²) in [6, 6.07) is 3.66. The number of halogens is 1. The fourth-order valence-electron chi connectivity index (χ4n) is 4.63. The highest BCUT2D eigenvalue weighted by Crippen LogP contribution is 2.38. The quantitative estimate of drug-likeness (QED) is 0.679. The van der Waals surface area contributed by atoms with Crippen molar-refractivity contribution in [3.63, 3.8) is 0 Å². The smallest absolute Gasteiger partial charge is 0.246 e. The summed E-state index contributed by atoms with van der Waals surface area (Å²) >= 11 is 6.28. The number of rotatable bonds is 4. The zero-order chi connectivity index (χ0) is 21.1. The van der Waals surface area contributed by atoms with E-state index in [4.69, 9.17) is 25.8 Å². The van der Waals surface area contributed by atoms with Crippen LogP contribution >= 0.6 is 11.6 Å². The van der Waals surface area contributed by atoms with E-state index in [1.807, 2.05) is 11.0 Å². The van der Waals surface area contributed by atoms with Gasteiger partial charge >= 0.3 is 0 Å². The van der Waals surface area contributed by atoms with Crippen LogP contribution in [0.25, 0.3) is 6.08 Å². The van der Waals surface area contributed by atoms with Crippen molar-refractivity contribution in [1.29, 1.82) is 0 Å². The topological polar surface area (TPSA) is 51.2 Å². The first-order valence-electron chi connectivity index (χ1n) is 10.9. The van der Waals surface area contributed by atoms with Crippen molar-refractivity contribution in [2.24, 2.45) is 5.92 Å². The van der Waals surface area contributed by atoms with Crippen molar-refractivity contribution in [1.82, 2.24) is 9.80 Å². The van der Waals surface area contributed by atoms with Crippen LogP contribution in [0.1, 0.15) is 32.3 Å². The molecule has 6 nitrogen and oxygen atoms in total. The molecule has 1 amide bonds. The number of carbonyl (C=O) groups excluding carboxylic acids is 1. The lowest BCUT2D eigenvalue weighted by Crippen LogP contribution is -2.48. The highest BCUT2D eigenvalue weighted by Gasteiger charge is 2.27. The highest BCUT2D eigenvalue weighted by molar-refractivity contribution is 6.32. The van der Waals surface area contributed by atoms with Gasteiger partial charge in [0.25, 0.3) is 0 Å². The van der Waals surface area contributed by atoms with Gasteiger partial charge in [-0.3, -0.25) is 9.69 Å². The lowest BCUT2D eigenvalue weighted by molar-refractivity contribution is -0.127. The molecule has 0 aliphatic carbocycles. The van der Waals surface area contributed by atoms with E-state index in [0.717, 1.165) is 51.1 Å². The number of benzene rings is 1. The van der Waals surface area contributed by atoms with Crippen molar-refractivity contribution in [3.05, 3.63) is 28.8 Å². The predicted octanol–water partition coefficient (Wildman–Crippen LogP) is 3.47. The fourth-order valence-corrected chi connectivity index (χ4v) is 4.91. The van der Waals surface area contributed by atoms with Crippen LogP contribution in [0.2, 0.25) is 5.02 Å². The number of amides is 1. The molecular weight excluding hydrogens is 404 g/mol. The van der Waals surface area contributed by atoms with Crippen molar-refractivity contribution in [3.8, 4) is 11.5 Å². The number of piperidine rings is 1. The summed E-state index contributed by atoms with van der Waals surface area (Å²) in [6.45, 7) is 10.0. The van der Waals surface area contributed by atoms with Gasteiger partial charge in [-0.1, -0.05) is 11.6 Å². The fraction of sp³-hybridized carbons (Fsp3) is 0.609. The first kappa shape index (κ1) is 21.5. The van der Waals surface area contributed by atoms with Gasteiger partial charge in [-0.05, 0) is 56.4 Å². The van der Waals surface area contributed by atoms with Crippen molar-refractivity contribution in [2.75, 3.05) is 45.9 Å². The minimum absolute atomic E-state index is 0.0491. The Morgan fingerprint density at radius 1 is 1.13 bits per heavy atom. The van der Waals surface area contributed by atoms with Gasteiger partial charge in [0.1, 0.15) is 13.2 Å². The number of ether oxygens (including phenoxy) is 3. The van der Waals surface area contributed by atoms with Crippen molar-refractivity contribution < 1.29 is 19.0 Å². The summed E-state index contributed by atoms with van der Waals surface area (Å²) in [5.74, 6) is 1.91. The van der Waals surface area contributed by atoms with E-state index in [1.54, 1.807) is 18.2 Å². The summed E-state index contributed by atoms with van der Waals surface area (Å²) in [5, 5.41) is 0.506. The van der Waals surface area contributed by atoms with E-state index in [1.165, 1.54) is 0 Å². The van der Waals surface area contributed by atoms with Crippen LogP contribution in [0.15, 0.2) is 18.2 Å². The number of hydrogen-bond acceptors (Lipinski definition) is 5. The molecule has 7 heteroatoms. The van der Waals surface area contributed by atoms with Crippen molar-refractivity contribution >= 4 is 23.6 Å². The molecule has 3 heterocycles. The number of hydrogen-bond donors (Lipinski definition) is 0. The normalized spacial score (nSPS) is 25.6. The molecule has 2 fully saturated rings. The first-order valence-corrected chi connectivity index (χ1v) is 11.3. The minimum atomic E-state index is 0.0491. The zero-order valence-corrected chi connectivity index (χ0v) is 18.6. The van der Waals surface area contributed by atoms with Crippen molar-refractivity contribution in [2.45, 2.75) is 38.9 Å². The molecule has 0 N–H and O–H groups in total. The van der Waals surface area contributed by atoms with E-state index < -0.39 is 0 Å². The Balaban J connectivity index is 1.28. The van der Waals surface area contributed by atoms with Crippen LogP contribution in [0.5, 0.6) is 11.5 Å². The maximum Gasteiger partial charge on any atom is 0.246 e. The maximum atomic E-state index is 12.7. The third-order valence-electron chi connectivity index (χ3n) is 5.98. The maximum absolute atomic E-state index is 12.7. The molecule has 0 bridgehead atoms. The zero-order valence-electron chi connectivity index (χ0n) is 17.8. The van der Waals surface area contributed by atoms with Crippen LogP contribution < -0.4 is 9.47 Å². The minimum Gasteiger partial charge on any atom is -0.486 e. The Hall–Kier alpha value is -1.76. The van der Waals surface area contributed by atoms with Gasteiger partial charge in [-0.15, -0.1) is 0 Å². The van der Waals surface area contributed by atoms with Crippen LogP contribution in [-0.2, 0) is 9.53 Å². The van der Waals surface area contributed by atoms with Crippen LogP contribution in [0.3, 0.4) is 0 Å². The number of carbonyl (C=O) groups is 1. The molecule has 2 atom stereocenters. The summed E-state index contributed by atoms with van der Waals surface area (Å²) in [5.41, 5.74) is 0.836. The van der Waals surface area contributed by atoms with Gasteiger partial charge in [0.2, 0.25) is 5.91 Å². The highest BCUT2D eigenvalue weighted by atomic mass is 35.5. The Kier molecular flexibility index (Phi) is 6.86. The Bertz CT molecular complexity index is 782. The molecule has 0 spiro atoms. The number of likely N-dealkylation sites (tertiary alicyclic amines) is 1. The molecule has 2 saturated heterocycles. The van der Waals surface area contributed by atoms with Gasteiger partial charge in [0.05, 0.1) is 17.2 Å². The van der Waals surface area contributed by atoms with E-state index >= 15 is 0 Å². The lowest BCUT2D eigenvalue weighted by atomic mass is 9.95. The van der Waals surface area contributed by atoms with Gasteiger partial charge < -0.3 is 19.1 Å². The molecule has 2 unspecified atom stereocenters. The second-order valence-electron chi connectivity index (χ2n) is 8.60. The van der Waals surface area contributed by atoms with Crippen LogP contribution in [-0.4, -0.2) is 73.9 Å². The van der Waals surface area contributed by atoms with Gasteiger partial charge in [-0.2, -0.15) is 0 Å². The van der Waals surface area contributed by atoms with E-state index in [9.17, 15) is 4.79 Å². The van der Waals surface area contributed by atoms with E-state index in [0.29, 0.717) is 47.9 Å². The number of fused-ring (bicyclic) bond motifs is 1. The lowest BCUT2D eigenvalue weighted by Gasteiger charge is -2.39. The summed E-state index contributed by atoms with van der Waals surface area (Å²) < 4.78 is 17.0. The van der Waals surface area contributed by atoms with Gasteiger partial charge in [0.15, 0.2) is 11.5 Å². The SMILES string of the molecule is CC1CN(CC2CCN(C(=O)/C=C/c3cc(Cl)c4c(c3)OCCO4)CC2)CC(C)O1. The van der Waals surface area contributed by atoms with E-state index in [2.05, 4.69) is 18.7 Å². The third-order valence-corrected chi connectivity index (χ3v) is 6.26. The average Bonchev–Trinajstić information content (AvgIpc) is 2.72. The molecular formula is C23H31ClN2O4. The summed E-state index contributed by atoms with van der Waals surface area (Å²) in [7, 11) is 0. The number of nitrogens with zero attached hydrogens (tertiary/aromatic N) is 2. The van der Waals surface area contributed by atoms with Gasteiger partial charge in [-0.25, -0.2) is 0 Å². The monoisotopic (exact) mass is 434 g/mol. The van der Waals surface area contributed by atoms with Crippen LogP contribution in [0.4, 0.5) is 0 Å². The molecule has 0 saturated carbocycles. The molecule has 0 aromatic heterocycles. The molecule has 0 radical (unpaired) electrons. The second kappa shape index (κ2) is 9.58. The molecule has 1 aromatic carbocycles.